The van der Waals surface area contributed by atoms with E-state index in [2.05, 4.69) is 31.2 Å². The van der Waals surface area contributed by atoms with Gasteiger partial charge in [-0.1, -0.05) is 42.0 Å². The van der Waals surface area contributed by atoms with Crippen LogP contribution in [-0.2, 0) is 11.3 Å². The first-order chi connectivity index (χ1) is 11.2. The van der Waals surface area contributed by atoms with Gasteiger partial charge in [-0.05, 0) is 43.0 Å². The SMILES string of the molecule is COCc1ccc(C(=O)N2CCCC2c2ccc(C)cc2)cc1. The first-order valence-corrected chi connectivity index (χ1v) is 8.14. The lowest BCUT2D eigenvalue weighted by Crippen LogP contribution is -2.30. The van der Waals surface area contributed by atoms with Crippen LogP contribution in [0.5, 0.6) is 0 Å². The van der Waals surface area contributed by atoms with E-state index in [1.807, 2.05) is 29.2 Å². The van der Waals surface area contributed by atoms with Crippen molar-refractivity contribution >= 4 is 5.91 Å². The lowest BCUT2D eigenvalue weighted by molar-refractivity contribution is 0.0735. The zero-order chi connectivity index (χ0) is 16.2. The fourth-order valence-corrected chi connectivity index (χ4v) is 3.22. The quantitative estimate of drug-likeness (QED) is 0.850. The molecule has 1 saturated heterocycles. The molecule has 0 aromatic heterocycles. The molecule has 3 rings (SSSR count). The zero-order valence-electron chi connectivity index (χ0n) is 13.8. The van der Waals surface area contributed by atoms with Crippen molar-refractivity contribution in [2.45, 2.75) is 32.4 Å². The Bertz CT molecular complexity index is 661. The highest BCUT2D eigenvalue weighted by Crippen LogP contribution is 2.33. The number of rotatable bonds is 4. The number of likely N-dealkylation sites (tertiary alicyclic amines) is 1. The molecule has 2 aromatic rings. The van der Waals surface area contributed by atoms with Crippen molar-refractivity contribution in [1.29, 1.82) is 0 Å². The summed E-state index contributed by atoms with van der Waals surface area (Å²) < 4.78 is 5.12. The molecule has 1 aliphatic rings. The molecule has 0 spiro atoms. The van der Waals surface area contributed by atoms with Crippen molar-refractivity contribution in [1.82, 2.24) is 4.90 Å². The minimum atomic E-state index is 0.122. The number of amides is 1. The topological polar surface area (TPSA) is 29.5 Å². The average molecular weight is 309 g/mol. The Morgan fingerprint density at radius 1 is 1.13 bits per heavy atom. The van der Waals surface area contributed by atoms with Crippen molar-refractivity contribution in [2.75, 3.05) is 13.7 Å². The predicted octanol–water partition coefficient (Wildman–Crippen LogP) is 4.12. The van der Waals surface area contributed by atoms with Gasteiger partial charge < -0.3 is 9.64 Å². The molecule has 0 radical (unpaired) electrons. The van der Waals surface area contributed by atoms with Crippen LogP contribution in [0.4, 0.5) is 0 Å². The number of nitrogens with zero attached hydrogens (tertiary/aromatic N) is 1. The maximum absolute atomic E-state index is 12.9. The molecule has 2 aromatic carbocycles. The van der Waals surface area contributed by atoms with Gasteiger partial charge in [0, 0.05) is 19.2 Å². The van der Waals surface area contributed by atoms with Crippen LogP contribution in [0.2, 0.25) is 0 Å². The second kappa shape index (κ2) is 6.97. The van der Waals surface area contributed by atoms with Crippen molar-refractivity contribution in [3.63, 3.8) is 0 Å². The number of methoxy groups -OCH3 is 1. The Morgan fingerprint density at radius 2 is 1.83 bits per heavy atom. The number of benzene rings is 2. The zero-order valence-corrected chi connectivity index (χ0v) is 13.8. The van der Waals surface area contributed by atoms with Crippen molar-refractivity contribution in [3.8, 4) is 0 Å². The molecule has 3 heteroatoms. The summed E-state index contributed by atoms with van der Waals surface area (Å²) >= 11 is 0. The lowest BCUT2D eigenvalue weighted by Gasteiger charge is -2.25. The van der Waals surface area contributed by atoms with Crippen LogP contribution >= 0.6 is 0 Å². The lowest BCUT2D eigenvalue weighted by atomic mass is 10.0. The third-order valence-corrected chi connectivity index (χ3v) is 4.49. The Balaban J connectivity index is 1.78. The van der Waals surface area contributed by atoms with Gasteiger partial charge in [0.2, 0.25) is 0 Å². The molecule has 1 heterocycles. The molecule has 3 nitrogen and oxygen atoms in total. The number of hydrogen-bond donors (Lipinski definition) is 0. The Hall–Kier alpha value is -2.13. The smallest absolute Gasteiger partial charge is 0.254 e. The van der Waals surface area contributed by atoms with Gasteiger partial charge in [-0.2, -0.15) is 0 Å². The van der Waals surface area contributed by atoms with Gasteiger partial charge >= 0.3 is 0 Å². The van der Waals surface area contributed by atoms with E-state index in [0.717, 1.165) is 30.5 Å². The Labute approximate surface area is 137 Å². The first-order valence-electron chi connectivity index (χ1n) is 8.14. The minimum absolute atomic E-state index is 0.122. The van der Waals surface area contributed by atoms with Gasteiger partial charge in [-0.3, -0.25) is 4.79 Å². The van der Waals surface area contributed by atoms with Crippen molar-refractivity contribution in [2.24, 2.45) is 0 Å². The second-order valence-corrected chi connectivity index (χ2v) is 6.20. The number of hydrogen-bond acceptors (Lipinski definition) is 2. The van der Waals surface area contributed by atoms with Crippen LogP contribution in [0, 0.1) is 6.92 Å². The third kappa shape index (κ3) is 3.45. The number of carbonyl (C=O) groups is 1. The van der Waals surface area contributed by atoms with E-state index in [9.17, 15) is 4.79 Å². The summed E-state index contributed by atoms with van der Waals surface area (Å²) in [6, 6.07) is 16.5. The van der Waals surface area contributed by atoms with E-state index in [-0.39, 0.29) is 11.9 Å². The molecule has 1 atom stereocenters. The molecule has 1 fully saturated rings. The maximum Gasteiger partial charge on any atom is 0.254 e. The van der Waals surface area contributed by atoms with Crippen LogP contribution in [0.15, 0.2) is 48.5 Å². The van der Waals surface area contributed by atoms with E-state index in [0.29, 0.717) is 6.61 Å². The first kappa shape index (κ1) is 15.8. The number of aryl methyl sites for hydroxylation is 1. The van der Waals surface area contributed by atoms with Crippen LogP contribution in [0.3, 0.4) is 0 Å². The molecular formula is C20H23NO2. The van der Waals surface area contributed by atoms with Crippen molar-refractivity contribution < 1.29 is 9.53 Å². The van der Waals surface area contributed by atoms with Gasteiger partial charge in [0.1, 0.15) is 0 Å². The van der Waals surface area contributed by atoms with Crippen molar-refractivity contribution in [3.05, 3.63) is 70.8 Å². The molecule has 1 aliphatic heterocycles. The van der Waals surface area contributed by atoms with Crippen LogP contribution in [0.25, 0.3) is 0 Å². The molecule has 0 N–H and O–H groups in total. The fraction of sp³-hybridized carbons (Fsp3) is 0.350. The van der Waals surface area contributed by atoms with Crippen LogP contribution < -0.4 is 0 Å². The molecule has 0 aliphatic carbocycles. The predicted molar refractivity (Wildman–Crippen MR) is 91.3 cm³/mol. The molecule has 1 unspecified atom stereocenters. The van der Waals surface area contributed by atoms with Crippen LogP contribution in [0.1, 0.15) is 45.9 Å². The summed E-state index contributed by atoms with van der Waals surface area (Å²) in [5, 5.41) is 0. The van der Waals surface area contributed by atoms with Gasteiger partial charge in [0.05, 0.1) is 12.6 Å². The van der Waals surface area contributed by atoms with Gasteiger partial charge in [-0.25, -0.2) is 0 Å². The monoisotopic (exact) mass is 309 g/mol. The highest BCUT2D eigenvalue weighted by Gasteiger charge is 2.30. The standard InChI is InChI=1S/C20H23NO2/c1-15-5-9-17(10-6-15)19-4-3-13-21(19)20(22)18-11-7-16(8-12-18)14-23-2/h5-12,19H,3-4,13-14H2,1-2H3. The van der Waals surface area contributed by atoms with Gasteiger partial charge in [0.25, 0.3) is 5.91 Å². The van der Waals surface area contributed by atoms with E-state index >= 15 is 0 Å². The molecule has 23 heavy (non-hydrogen) atoms. The Kier molecular flexibility index (Phi) is 4.77. The largest absolute Gasteiger partial charge is 0.380 e. The summed E-state index contributed by atoms with van der Waals surface area (Å²) in [5.74, 6) is 0.122. The molecular weight excluding hydrogens is 286 g/mol. The fourth-order valence-electron chi connectivity index (χ4n) is 3.22. The van der Waals surface area contributed by atoms with Gasteiger partial charge in [0.15, 0.2) is 0 Å². The molecule has 0 saturated carbocycles. The average Bonchev–Trinajstić information content (AvgIpc) is 3.05. The van der Waals surface area contributed by atoms with E-state index in [1.54, 1.807) is 7.11 Å². The van der Waals surface area contributed by atoms with E-state index in [4.69, 9.17) is 4.74 Å². The summed E-state index contributed by atoms with van der Waals surface area (Å²) in [7, 11) is 1.68. The van der Waals surface area contributed by atoms with Crippen LogP contribution in [-0.4, -0.2) is 24.5 Å². The van der Waals surface area contributed by atoms with E-state index < -0.39 is 0 Å². The summed E-state index contributed by atoms with van der Waals surface area (Å²) in [6.45, 7) is 3.49. The number of ether oxygens (including phenoxy) is 1. The summed E-state index contributed by atoms with van der Waals surface area (Å²) in [5.41, 5.74) is 4.32. The molecule has 0 bridgehead atoms. The second-order valence-electron chi connectivity index (χ2n) is 6.20. The highest BCUT2D eigenvalue weighted by atomic mass is 16.5. The highest BCUT2D eigenvalue weighted by molar-refractivity contribution is 5.94. The third-order valence-electron chi connectivity index (χ3n) is 4.49. The Morgan fingerprint density at radius 3 is 2.48 bits per heavy atom. The molecule has 120 valence electrons. The minimum Gasteiger partial charge on any atom is -0.380 e. The normalized spacial score (nSPS) is 17.5. The van der Waals surface area contributed by atoms with E-state index in [1.165, 1.54) is 11.1 Å². The number of carbonyl (C=O) groups excluding carboxylic acids is 1. The summed E-state index contributed by atoms with van der Waals surface area (Å²) in [4.78, 5) is 14.9. The van der Waals surface area contributed by atoms with Gasteiger partial charge in [-0.15, -0.1) is 0 Å². The maximum atomic E-state index is 12.9. The molecule has 1 amide bonds. The summed E-state index contributed by atoms with van der Waals surface area (Å²) in [6.07, 6.45) is 2.10.